The number of anilines is 1. The van der Waals surface area contributed by atoms with Crippen LogP contribution in [0.1, 0.15) is 29.3 Å². The van der Waals surface area contributed by atoms with Gasteiger partial charge in [0.25, 0.3) is 0 Å². The first-order valence-electron chi connectivity index (χ1n) is 6.91. The summed E-state index contributed by atoms with van der Waals surface area (Å²) in [4.78, 5) is 1.49. The lowest BCUT2D eigenvalue weighted by molar-refractivity contribution is 0.368. The molecule has 0 saturated heterocycles. The lowest BCUT2D eigenvalue weighted by Gasteiger charge is -2.24. The van der Waals surface area contributed by atoms with Crippen LogP contribution in [0.5, 0.6) is 5.75 Å². The molecule has 1 heterocycles. The van der Waals surface area contributed by atoms with Gasteiger partial charge in [-0.3, -0.25) is 0 Å². The summed E-state index contributed by atoms with van der Waals surface area (Å²) in [6.45, 7) is 0.0850. The van der Waals surface area contributed by atoms with Crippen molar-refractivity contribution in [1.82, 2.24) is 0 Å². The van der Waals surface area contributed by atoms with Gasteiger partial charge in [-0.05, 0) is 71.1 Å². The Balaban J connectivity index is 1.71. The number of nitriles is 1. The standard InChI is InChI=1S/C16H15BrN2OS/c17-16-10-13-14(2-1-3-15(13)21-16)19-11-4-6-12(7-5-11)20-9-8-18/h4-7,10,14,19H,1-3,9H2. The van der Waals surface area contributed by atoms with Crippen LogP contribution in [-0.2, 0) is 6.42 Å². The zero-order chi connectivity index (χ0) is 14.7. The molecule has 1 aliphatic rings. The first-order valence-corrected chi connectivity index (χ1v) is 8.51. The summed E-state index contributed by atoms with van der Waals surface area (Å²) < 4.78 is 6.48. The lowest BCUT2D eigenvalue weighted by Crippen LogP contribution is -2.15. The SMILES string of the molecule is N#CCOc1ccc(NC2CCCc3sc(Br)cc32)cc1. The first-order chi connectivity index (χ1) is 10.3. The number of hydrogen-bond donors (Lipinski definition) is 1. The van der Waals surface area contributed by atoms with Crippen molar-refractivity contribution in [3.8, 4) is 11.8 Å². The molecule has 108 valence electrons. The molecule has 0 bridgehead atoms. The fourth-order valence-electron chi connectivity index (χ4n) is 2.64. The summed E-state index contributed by atoms with van der Waals surface area (Å²) in [5.41, 5.74) is 2.50. The Morgan fingerprint density at radius 2 is 2.19 bits per heavy atom. The highest BCUT2D eigenvalue weighted by Gasteiger charge is 2.22. The van der Waals surface area contributed by atoms with Crippen LogP contribution in [0, 0.1) is 11.3 Å². The van der Waals surface area contributed by atoms with Crippen molar-refractivity contribution >= 4 is 33.0 Å². The van der Waals surface area contributed by atoms with Crippen LogP contribution in [0.3, 0.4) is 0 Å². The van der Waals surface area contributed by atoms with Crippen LogP contribution in [0.4, 0.5) is 5.69 Å². The second kappa shape index (κ2) is 6.50. The van der Waals surface area contributed by atoms with Crippen LogP contribution >= 0.6 is 27.3 Å². The largest absolute Gasteiger partial charge is 0.479 e. The molecule has 1 unspecified atom stereocenters. The minimum absolute atomic E-state index is 0.0850. The fraction of sp³-hybridized carbons (Fsp3) is 0.312. The van der Waals surface area contributed by atoms with Gasteiger partial charge in [0.2, 0.25) is 0 Å². The van der Waals surface area contributed by atoms with Crippen molar-refractivity contribution in [2.75, 3.05) is 11.9 Å². The van der Waals surface area contributed by atoms with Gasteiger partial charge in [0, 0.05) is 10.6 Å². The third-order valence-corrected chi connectivity index (χ3v) is 5.30. The Hall–Kier alpha value is -1.51. The van der Waals surface area contributed by atoms with Gasteiger partial charge < -0.3 is 10.1 Å². The Bertz CT molecular complexity index is 660. The number of aryl methyl sites for hydroxylation is 1. The molecule has 0 saturated carbocycles. The number of benzene rings is 1. The molecular weight excluding hydrogens is 348 g/mol. The first kappa shape index (κ1) is 14.4. The van der Waals surface area contributed by atoms with E-state index in [-0.39, 0.29) is 6.61 Å². The predicted octanol–water partition coefficient (Wildman–Crippen LogP) is 4.90. The van der Waals surface area contributed by atoms with Gasteiger partial charge >= 0.3 is 0 Å². The number of nitrogens with one attached hydrogen (secondary N) is 1. The highest BCUT2D eigenvalue weighted by Crippen LogP contribution is 2.39. The maximum absolute atomic E-state index is 8.50. The van der Waals surface area contributed by atoms with Crippen molar-refractivity contribution in [2.45, 2.75) is 25.3 Å². The van der Waals surface area contributed by atoms with Crippen LogP contribution in [0.2, 0.25) is 0 Å². The van der Waals surface area contributed by atoms with Gasteiger partial charge in [-0.1, -0.05) is 0 Å². The maximum Gasteiger partial charge on any atom is 0.174 e. The Morgan fingerprint density at radius 1 is 1.38 bits per heavy atom. The number of fused-ring (bicyclic) bond motifs is 1. The normalized spacial score (nSPS) is 16.9. The molecule has 2 aromatic rings. The number of halogens is 1. The van der Waals surface area contributed by atoms with Crippen molar-refractivity contribution in [1.29, 1.82) is 5.26 Å². The smallest absolute Gasteiger partial charge is 0.174 e. The third-order valence-electron chi connectivity index (χ3n) is 3.58. The van der Waals surface area contributed by atoms with Crippen molar-refractivity contribution in [3.63, 3.8) is 0 Å². The van der Waals surface area contributed by atoms with E-state index >= 15 is 0 Å². The molecule has 3 rings (SSSR count). The highest BCUT2D eigenvalue weighted by molar-refractivity contribution is 9.11. The molecule has 0 spiro atoms. The third kappa shape index (κ3) is 3.39. The molecule has 1 atom stereocenters. The van der Waals surface area contributed by atoms with Crippen LogP contribution in [-0.4, -0.2) is 6.61 Å². The highest BCUT2D eigenvalue weighted by atomic mass is 79.9. The molecule has 1 aromatic carbocycles. The molecule has 0 aliphatic heterocycles. The van der Waals surface area contributed by atoms with Crippen LogP contribution < -0.4 is 10.1 Å². The van der Waals surface area contributed by atoms with Gasteiger partial charge in [-0.15, -0.1) is 11.3 Å². The predicted molar refractivity (Wildman–Crippen MR) is 88.9 cm³/mol. The summed E-state index contributed by atoms with van der Waals surface area (Å²) in [6, 6.07) is 12.4. The second-order valence-electron chi connectivity index (χ2n) is 4.99. The number of nitrogens with zero attached hydrogens (tertiary/aromatic N) is 1. The van der Waals surface area contributed by atoms with E-state index in [0.29, 0.717) is 6.04 Å². The zero-order valence-corrected chi connectivity index (χ0v) is 13.8. The topological polar surface area (TPSA) is 45.0 Å². The molecule has 5 heteroatoms. The van der Waals surface area contributed by atoms with Crippen molar-refractivity contribution in [3.05, 3.63) is 44.6 Å². The summed E-state index contributed by atoms with van der Waals surface area (Å²) >= 11 is 5.43. The van der Waals surface area contributed by atoms with Crippen molar-refractivity contribution in [2.24, 2.45) is 0 Å². The van der Waals surface area contributed by atoms with E-state index < -0.39 is 0 Å². The van der Waals surface area contributed by atoms with Gasteiger partial charge in [-0.2, -0.15) is 5.26 Å². The van der Waals surface area contributed by atoms with Gasteiger partial charge in [0.15, 0.2) is 6.61 Å². The van der Waals surface area contributed by atoms with E-state index in [1.807, 2.05) is 41.7 Å². The van der Waals surface area contributed by atoms with Crippen LogP contribution in [0.15, 0.2) is 34.1 Å². The van der Waals surface area contributed by atoms with E-state index in [0.717, 1.165) is 17.9 Å². The number of rotatable bonds is 4. The molecule has 1 aromatic heterocycles. The van der Waals surface area contributed by atoms with E-state index in [4.69, 9.17) is 10.00 Å². The summed E-state index contributed by atoms with van der Waals surface area (Å²) in [7, 11) is 0. The van der Waals surface area contributed by atoms with E-state index in [2.05, 4.69) is 27.3 Å². The molecular formula is C16H15BrN2OS. The van der Waals surface area contributed by atoms with E-state index in [1.54, 1.807) is 0 Å². The molecule has 1 N–H and O–H groups in total. The number of ether oxygens (including phenoxy) is 1. The molecule has 1 aliphatic carbocycles. The minimum Gasteiger partial charge on any atom is -0.479 e. The average molecular weight is 363 g/mol. The van der Waals surface area contributed by atoms with Crippen LogP contribution in [0.25, 0.3) is 0 Å². The monoisotopic (exact) mass is 362 g/mol. The van der Waals surface area contributed by atoms with Gasteiger partial charge in [-0.25, -0.2) is 0 Å². The molecule has 0 fully saturated rings. The second-order valence-corrected chi connectivity index (χ2v) is 7.51. The van der Waals surface area contributed by atoms with E-state index in [9.17, 15) is 0 Å². The van der Waals surface area contributed by atoms with Gasteiger partial charge in [0.1, 0.15) is 11.8 Å². The zero-order valence-electron chi connectivity index (χ0n) is 11.4. The minimum atomic E-state index is 0.0850. The molecule has 0 radical (unpaired) electrons. The average Bonchev–Trinajstić information content (AvgIpc) is 2.88. The van der Waals surface area contributed by atoms with Gasteiger partial charge in [0.05, 0.1) is 9.83 Å². The fourth-order valence-corrected chi connectivity index (χ4v) is 4.45. The quantitative estimate of drug-likeness (QED) is 0.840. The number of hydrogen-bond acceptors (Lipinski definition) is 4. The summed E-state index contributed by atoms with van der Waals surface area (Å²) in [5, 5.41) is 12.1. The lowest BCUT2D eigenvalue weighted by atomic mass is 9.94. The Labute approximate surface area is 136 Å². The Morgan fingerprint density at radius 3 is 2.95 bits per heavy atom. The summed E-state index contributed by atoms with van der Waals surface area (Å²) in [5.74, 6) is 0.727. The van der Waals surface area contributed by atoms with E-state index in [1.165, 1.54) is 27.1 Å². The Kier molecular flexibility index (Phi) is 4.47. The molecule has 21 heavy (non-hydrogen) atoms. The number of thiophene rings is 1. The maximum atomic E-state index is 8.50. The van der Waals surface area contributed by atoms with Crippen molar-refractivity contribution < 1.29 is 4.74 Å². The summed E-state index contributed by atoms with van der Waals surface area (Å²) in [6.07, 6.45) is 3.56. The molecule has 0 amide bonds. The molecule has 3 nitrogen and oxygen atoms in total.